The van der Waals surface area contributed by atoms with Gasteiger partial charge in [0, 0.05) is 70.1 Å². The molecule has 2 amide bonds. The molecule has 3 saturated heterocycles. The number of likely N-dealkylation sites (N-methyl/N-ethyl adjacent to an activating group) is 1. The summed E-state index contributed by atoms with van der Waals surface area (Å²) >= 11 is 0. The lowest BCUT2D eigenvalue weighted by Gasteiger charge is -2.47. The Hall–Kier alpha value is -3.75. The fraction of sp³-hybridized carbons (Fsp3) is 0.810. The fourth-order valence-corrected chi connectivity index (χ4v) is 9.31. The third-order valence-electron chi connectivity index (χ3n) is 12.6. The van der Waals surface area contributed by atoms with E-state index in [-0.39, 0.29) is 30.9 Å². The Morgan fingerprint density at radius 1 is 1.11 bits per heavy atom. The van der Waals surface area contributed by atoms with Crippen LogP contribution in [-0.2, 0) is 55.9 Å². The van der Waals surface area contributed by atoms with Gasteiger partial charge < -0.3 is 48.4 Å². The number of hydrazine groups is 1. The van der Waals surface area contributed by atoms with Gasteiger partial charge in [0.2, 0.25) is 5.91 Å². The number of alkyl halides is 1. The molecule has 0 spiro atoms. The molecule has 1 aromatic rings. The smallest absolute Gasteiger partial charge is 0.425 e. The number of halogens is 1. The molecule has 4 heterocycles. The zero-order valence-corrected chi connectivity index (χ0v) is 38.2. The number of oxime groups is 1. The number of aryl methyl sites for hydroxylation is 1. The molecule has 3 aliphatic rings. The summed E-state index contributed by atoms with van der Waals surface area (Å²) in [5.74, 6) is -5.16. The zero-order valence-electron chi connectivity index (χ0n) is 38.2. The number of fused-ring (bicyclic) bond motifs is 1. The maximum absolute atomic E-state index is 17.0. The van der Waals surface area contributed by atoms with Crippen molar-refractivity contribution in [2.75, 3.05) is 41.4 Å². The highest BCUT2D eigenvalue weighted by Crippen LogP contribution is 2.43. The number of rotatable bonds is 14. The van der Waals surface area contributed by atoms with Gasteiger partial charge in [0.15, 0.2) is 17.7 Å². The number of imidazole rings is 1. The van der Waals surface area contributed by atoms with Crippen LogP contribution in [-0.4, -0.2) is 155 Å². The third kappa shape index (κ3) is 11.1. The number of carbonyl (C=O) groups excluding carboxylic acids is 4. The van der Waals surface area contributed by atoms with E-state index in [1.54, 1.807) is 27.1 Å². The fourth-order valence-electron chi connectivity index (χ4n) is 9.31. The average Bonchev–Trinajstić information content (AvgIpc) is 3.75. The van der Waals surface area contributed by atoms with Crippen molar-refractivity contribution < 1.29 is 57.2 Å². The van der Waals surface area contributed by atoms with Gasteiger partial charge in [-0.25, -0.2) is 29.4 Å². The van der Waals surface area contributed by atoms with Crippen molar-refractivity contribution in [3.8, 4) is 0 Å². The molecule has 13 atom stereocenters. The van der Waals surface area contributed by atoms with E-state index in [9.17, 15) is 24.3 Å². The number of ketones is 1. The molecule has 61 heavy (non-hydrogen) atoms. The summed E-state index contributed by atoms with van der Waals surface area (Å²) in [5, 5.41) is 20.1. The first-order valence-corrected chi connectivity index (χ1v) is 21.3. The third-order valence-corrected chi connectivity index (χ3v) is 12.6. The number of nitrogens with one attached hydrogen (secondary N) is 2. The predicted octanol–water partition coefficient (Wildman–Crippen LogP) is 3.19. The zero-order chi connectivity index (χ0) is 45.6. The number of ether oxygens (including phenoxy) is 5. The summed E-state index contributed by atoms with van der Waals surface area (Å²) in [6.07, 6.45) is -0.456. The van der Waals surface area contributed by atoms with Crippen LogP contribution in [0, 0.1) is 17.8 Å². The molecule has 1 aromatic heterocycles. The lowest BCUT2D eigenvalue weighted by molar-refractivity contribution is -0.295. The summed E-state index contributed by atoms with van der Waals surface area (Å²) in [4.78, 5) is 65.3. The van der Waals surface area contributed by atoms with E-state index in [0.717, 1.165) is 12.6 Å². The number of esters is 1. The van der Waals surface area contributed by atoms with Gasteiger partial charge in [-0.3, -0.25) is 9.59 Å². The van der Waals surface area contributed by atoms with E-state index >= 15 is 4.39 Å². The van der Waals surface area contributed by atoms with Crippen molar-refractivity contribution >= 4 is 29.5 Å². The molecule has 19 heteroatoms. The SMILES string of the molecule is CC[C@H]1OC(=O)[C@@](C)(F)C(=O)C(C)[C@@H](O[C@@H]2O[C@H](C)C[C@H](N(C)C)C2O)[C@](C)(OC)C[C@@H](C)/C(=N\OC)[C@H](C)[C@H]2N(NCCCn3cnc(CCNC(C)=O)c3)C(=O)O[C@]12C. The number of amides is 2. The van der Waals surface area contributed by atoms with Crippen molar-refractivity contribution in [3.63, 3.8) is 0 Å². The van der Waals surface area contributed by atoms with Crippen LogP contribution in [0.4, 0.5) is 9.18 Å². The van der Waals surface area contributed by atoms with Crippen LogP contribution in [0.3, 0.4) is 0 Å². The van der Waals surface area contributed by atoms with Crippen molar-refractivity contribution in [3.05, 3.63) is 18.2 Å². The first kappa shape index (κ1) is 49.9. The monoisotopic (exact) mass is 868 g/mol. The molecule has 346 valence electrons. The van der Waals surface area contributed by atoms with Gasteiger partial charge in [0.25, 0.3) is 5.67 Å². The topological polar surface area (TPSA) is 205 Å². The van der Waals surface area contributed by atoms with Gasteiger partial charge in [-0.15, -0.1) is 0 Å². The van der Waals surface area contributed by atoms with Gasteiger partial charge in [-0.2, -0.15) is 0 Å². The van der Waals surface area contributed by atoms with Crippen LogP contribution in [0.5, 0.6) is 0 Å². The molecule has 4 rings (SSSR count). The number of aromatic nitrogens is 2. The summed E-state index contributed by atoms with van der Waals surface area (Å²) in [7, 11) is 6.52. The van der Waals surface area contributed by atoms with Crippen LogP contribution < -0.4 is 10.7 Å². The number of cyclic esters (lactones) is 1. The molecule has 2 unspecified atom stereocenters. The van der Waals surface area contributed by atoms with Crippen LogP contribution in [0.15, 0.2) is 17.7 Å². The quantitative estimate of drug-likeness (QED) is 0.106. The molecule has 3 fully saturated rings. The number of methoxy groups -OCH3 is 1. The normalized spacial score (nSPS) is 37.3. The van der Waals surface area contributed by atoms with E-state index in [1.165, 1.54) is 33.1 Å². The highest BCUT2D eigenvalue weighted by Gasteiger charge is 2.62. The molecular formula is C42H70FN7O11. The average molecular weight is 868 g/mol. The molecule has 3 aliphatic heterocycles. The van der Waals surface area contributed by atoms with E-state index < -0.39 is 83.1 Å². The molecule has 0 aliphatic carbocycles. The molecule has 3 N–H and O–H groups in total. The second-order valence-corrected chi connectivity index (χ2v) is 17.7. The van der Waals surface area contributed by atoms with Crippen LogP contribution >= 0.6 is 0 Å². The van der Waals surface area contributed by atoms with Crippen LogP contribution in [0.25, 0.3) is 0 Å². The summed E-state index contributed by atoms with van der Waals surface area (Å²) in [6, 6.07) is -1.25. The van der Waals surface area contributed by atoms with Crippen LogP contribution in [0.1, 0.15) is 93.7 Å². The van der Waals surface area contributed by atoms with E-state index in [0.29, 0.717) is 44.6 Å². The van der Waals surface area contributed by atoms with Crippen molar-refractivity contribution in [1.29, 1.82) is 0 Å². The summed E-state index contributed by atoms with van der Waals surface area (Å²) < 4.78 is 49.8. The van der Waals surface area contributed by atoms with E-state index in [2.05, 4.69) is 20.9 Å². The van der Waals surface area contributed by atoms with E-state index in [1.807, 2.05) is 50.5 Å². The van der Waals surface area contributed by atoms with Crippen LogP contribution in [0.2, 0.25) is 0 Å². The number of nitrogens with zero attached hydrogens (tertiary/aromatic N) is 5. The molecular weight excluding hydrogens is 797 g/mol. The summed E-state index contributed by atoms with van der Waals surface area (Å²) in [5.41, 5.74) is -1.59. The number of hydrogen-bond donors (Lipinski definition) is 3. The minimum Gasteiger partial charge on any atom is -0.455 e. The highest BCUT2D eigenvalue weighted by atomic mass is 19.1. The number of aliphatic hydroxyl groups excluding tert-OH is 1. The Labute approximate surface area is 359 Å². The minimum atomic E-state index is -3.18. The Balaban J connectivity index is 1.73. The Kier molecular flexibility index (Phi) is 16.9. The van der Waals surface area contributed by atoms with Gasteiger partial charge in [-0.05, 0) is 67.5 Å². The minimum absolute atomic E-state index is 0.0965. The molecule has 18 nitrogen and oxygen atoms in total. The van der Waals surface area contributed by atoms with Crippen molar-refractivity contribution in [2.24, 2.45) is 22.9 Å². The second-order valence-electron chi connectivity index (χ2n) is 17.7. The highest BCUT2D eigenvalue weighted by molar-refractivity contribution is 6.08. The maximum Gasteiger partial charge on any atom is 0.425 e. The molecule has 0 aromatic carbocycles. The summed E-state index contributed by atoms with van der Waals surface area (Å²) in [6.45, 7) is 15.8. The first-order chi connectivity index (χ1) is 28.6. The first-order valence-electron chi connectivity index (χ1n) is 21.3. The molecule has 0 radical (unpaired) electrons. The standard InChI is InChI=1S/C42H70FN7O11/c1-14-31-42(9)34(50(39(55)61-42)46-17-15-19-49-22-29(45-23-49)16-18-44-28(6)51)26(4)32(47-57-13)24(2)21-40(7,56-12)36(27(5)35(53)41(8,43)38(54)59-31)60-37-33(52)30(48(10)11)20-25(3)58-37/h22-27,30-31,33-34,36-37,46,52H,14-21H2,1-13H3,(H,44,51)/b47-32+/t24-,25-,26+,27?,30+,31-,33?,34-,36-,37+,40-,41+,42-/m1/s1. The van der Waals surface area contributed by atoms with Gasteiger partial charge in [0.1, 0.15) is 25.4 Å². The van der Waals surface area contributed by atoms with Gasteiger partial charge in [0.05, 0.1) is 35.5 Å². The predicted molar refractivity (Wildman–Crippen MR) is 222 cm³/mol. The van der Waals surface area contributed by atoms with Gasteiger partial charge in [-0.1, -0.05) is 32.9 Å². The Morgan fingerprint density at radius 2 is 1.80 bits per heavy atom. The Bertz CT molecular complexity index is 1710. The number of carbonyl (C=O) groups is 4. The molecule has 0 saturated carbocycles. The Morgan fingerprint density at radius 3 is 2.41 bits per heavy atom. The lowest BCUT2D eigenvalue weighted by atomic mass is 9.73. The van der Waals surface area contributed by atoms with E-state index in [4.69, 9.17) is 28.5 Å². The number of aliphatic hydroxyl groups is 1. The molecule has 0 bridgehead atoms. The lowest BCUT2D eigenvalue weighted by Crippen LogP contribution is -2.62. The second kappa shape index (κ2) is 20.6. The largest absolute Gasteiger partial charge is 0.455 e. The van der Waals surface area contributed by atoms with Crippen molar-refractivity contribution in [2.45, 2.75) is 161 Å². The van der Waals surface area contributed by atoms with Gasteiger partial charge >= 0.3 is 12.1 Å². The maximum atomic E-state index is 17.0. The number of hydrogen-bond acceptors (Lipinski definition) is 15. The van der Waals surface area contributed by atoms with Crippen molar-refractivity contribution in [1.82, 2.24) is 30.2 Å². The number of Topliss-reactive ketones (excluding diaryl/α,β-unsaturated/α-hetero) is 1.